The molecule has 0 amide bonds. The number of carbonyl (C=O) groups is 2. The van der Waals surface area contributed by atoms with Gasteiger partial charge in [-0.1, -0.05) is 18.2 Å². The van der Waals surface area contributed by atoms with Crippen LogP contribution in [0.4, 0.5) is 5.00 Å². The van der Waals surface area contributed by atoms with Crippen LogP contribution < -0.4 is 5.73 Å². The standard InChI is InChI=1S/C20H18N2O6S/c1-3-26-20(24)17-14(12(8-21)18(22)29-17)10-27-19(23)16-13(9-25-2)11-6-4-5-7-15(11)28-16/h4-7H,3,9-10,22H2,1-2H3. The molecule has 3 rings (SSSR count). The summed E-state index contributed by atoms with van der Waals surface area (Å²) in [4.78, 5) is 25.0. The van der Waals surface area contributed by atoms with Gasteiger partial charge in [-0.15, -0.1) is 11.3 Å². The number of nitriles is 1. The Kier molecular flexibility index (Phi) is 6.16. The fourth-order valence-corrected chi connectivity index (χ4v) is 3.78. The number of carbonyl (C=O) groups excluding carboxylic acids is 2. The minimum atomic E-state index is -0.739. The number of rotatable bonds is 7. The van der Waals surface area contributed by atoms with Crippen LogP contribution in [0.3, 0.4) is 0 Å². The van der Waals surface area contributed by atoms with Crippen molar-refractivity contribution in [3.63, 3.8) is 0 Å². The van der Waals surface area contributed by atoms with Crippen LogP contribution in [0.15, 0.2) is 28.7 Å². The summed E-state index contributed by atoms with van der Waals surface area (Å²) in [5, 5.41) is 10.3. The molecule has 0 saturated heterocycles. The number of nitrogen functional groups attached to an aromatic ring is 1. The van der Waals surface area contributed by atoms with Gasteiger partial charge in [0.15, 0.2) is 0 Å². The van der Waals surface area contributed by atoms with Gasteiger partial charge in [-0.25, -0.2) is 9.59 Å². The van der Waals surface area contributed by atoms with Crippen molar-refractivity contribution in [3.05, 3.63) is 51.6 Å². The van der Waals surface area contributed by atoms with E-state index in [-0.39, 0.29) is 46.6 Å². The Labute approximate surface area is 170 Å². The lowest BCUT2D eigenvalue weighted by molar-refractivity contribution is 0.0419. The fourth-order valence-electron chi connectivity index (χ4n) is 2.86. The minimum absolute atomic E-state index is 0.00689. The maximum atomic E-state index is 12.7. The Morgan fingerprint density at radius 1 is 1.17 bits per heavy atom. The molecule has 3 aromatic rings. The monoisotopic (exact) mass is 414 g/mol. The summed E-state index contributed by atoms with van der Waals surface area (Å²) in [6.45, 7) is 1.66. The van der Waals surface area contributed by atoms with E-state index in [1.54, 1.807) is 19.1 Å². The van der Waals surface area contributed by atoms with Crippen LogP contribution in [0.2, 0.25) is 0 Å². The number of furan rings is 1. The summed E-state index contributed by atoms with van der Waals surface area (Å²) in [6.07, 6.45) is 0. The Morgan fingerprint density at radius 3 is 2.62 bits per heavy atom. The number of hydrogen-bond acceptors (Lipinski definition) is 9. The molecule has 0 aliphatic rings. The number of methoxy groups -OCH3 is 1. The van der Waals surface area contributed by atoms with Gasteiger partial charge in [0, 0.05) is 23.6 Å². The zero-order valence-electron chi connectivity index (χ0n) is 15.8. The van der Waals surface area contributed by atoms with E-state index in [9.17, 15) is 14.9 Å². The summed E-state index contributed by atoms with van der Waals surface area (Å²) in [5.41, 5.74) is 7.22. The predicted molar refractivity (Wildman–Crippen MR) is 105 cm³/mol. The number of benzene rings is 1. The van der Waals surface area contributed by atoms with Crippen molar-refractivity contribution in [2.45, 2.75) is 20.1 Å². The van der Waals surface area contributed by atoms with Crippen molar-refractivity contribution >= 4 is 39.2 Å². The Hall–Kier alpha value is -3.35. The quantitative estimate of drug-likeness (QED) is 0.581. The molecule has 0 spiro atoms. The van der Waals surface area contributed by atoms with E-state index >= 15 is 0 Å². The van der Waals surface area contributed by atoms with Crippen LogP contribution in [0.25, 0.3) is 11.0 Å². The molecular formula is C20H18N2O6S. The Morgan fingerprint density at radius 2 is 1.93 bits per heavy atom. The van der Waals surface area contributed by atoms with E-state index in [4.69, 9.17) is 24.4 Å². The first-order chi connectivity index (χ1) is 14.0. The SMILES string of the molecule is CCOC(=O)c1sc(N)c(C#N)c1COC(=O)c1oc2ccccc2c1COC. The van der Waals surface area contributed by atoms with Gasteiger partial charge in [0.25, 0.3) is 0 Å². The number of esters is 2. The molecule has 29 heavy (non-hydrogen) atoms. The van der Waals surface area contributed by atoms with Crippen LogP contribution in [-0.2, 0) is 27.4 Å². The Balaban J connectivity index is 1.90. The molecular weight excluding hydrogens is 396 g/mol. The molecule has 2 aromatic heterocycles. The highest BCUT2D eigenvalue weighted by Crippen LogP contribution is 2.33. The van der Waals surface area contributed by atoms with Gasteiger partial charge in [-0.05, 0) is 13.0 Å². The van der Waals surface area contributed by atoms with Gasteiger partial charge >= 0.3 is 11.9 Å². The highest BCUT2D eigenvalue weighted by atomic mass is 32.1. The molecule has 1 aromatic carbocycles. The molecule has 0 bridgehead atoms. The summed E-state index contributed by atoms with van der Waals surface area (Å²) in [5.74, 6) is -1.36. The molecule has 0 aliphatic carbocycles. The lowest BCUT2D eigenvalue weighted by atomic mass is 10.1. The zero-order chi connectivity index (χ0) is 21.0. The van der Waals surface area contributed by atoms with Crippen molar-refractivity contribution in [1.29, 1.82) is 5.26 Å². The smallest absolute Gasteiger partial charge is 0.374 e. The number of thiophene rings is 1. The number of para-hydroxylation sites is 1. The van der Waals surface area contributed by atoms with Crippen LogP contribution >= 0.6 is 11.3 Å². The van der Waals surface area contributed by atoms with Crippen LogP contribution in [0.5, 0.6) is 0 Å². The van der Waals surface area contributed by atoms with Crippen molar-refractivity contribution < 1.29 is 28.2 Å². The molecule has 2 N–H and O–H groups in total. The number of nitrogens with zero attached hydrogens (tertiary/aromatic N) is 1. The summed E-state index contributed by atoms with van der Waals surface area (Å²) in [7, 11) is 1.51. The van der Waals surface area contributed by atoms with E-state index in [0.717, 1.165) is 16.7 Å². The van der Waals surface area contributed by atoms with Crippen molar-refractivity contribution in [1.82, 2.24) is 0 Å². The van der Waals surface area contributed by atoms with Crippen LogP contribution in [0, 0.1) is 11.3 Å². The topological polar surface area (TPSA) is 125 Å². The highest BCUT2D eigenvalue weighted by molar-refractivity contribution is 7.18. The number of nitrogens with two attached hydrogens (primary N) is 1. The summed E-state index contributed by atoms with van der Waals surface area (Å²) >= 11 is 0.922. The molecule has 9 heteroatoms. The average Bonchev–Trinajstić information content (AvgIpc) is 3.24. The maximum Gasteiger partial charge on any atom is 0.374 e. The fraction of sp³-hybridized carbons (Fsp3) is 0.250. The number of fused-ring (bicyclic) bond motifs is 1. The first kappa shape index (κ1) is 20.4. The maximum absolute atomic E-state index is 12.7. The first-order valence-electron chi connectivity index (χ1n) is 8.66. The molecule has 8 nitrogen and oxygen atoms in total. The van der Waals surface area contributed by atoms with Crippen molar-refractivity contribution in [2.75, 3.05) is 19.5 Å². The summed E-state index contributed by atoms with van der Waals surface area (Å²) in [6, 6.07) is 9.10. The third kappa shape index (κ3) is 3.94. The molecule has 2 heterocycles. The molecule has 0 atom stereocenters. The minimum Gasteiger partial charge on any atom is -0.462 e. The van der Waals surface area contributed by atoms with E-state index < -0.39 is 11.9 Å². The molecule has 0 fully saturated rings. The molecule has 0 aliphatic heterocycles. The van der Waals surface area contributed by atoms with Gasteiger partial charge < -0.3 is 24.4 Å². The van der Waals surface area contributed by atoms with Gasteiger partial charge in [-0.2, -0.15) is 5.26 Å². The first-order valence-corrected chi connectivity index (χ1v) is 9.48. The number of ether oxygens (including phenoxy) is 3. The van der Waals surface area contributed by atoms with Crippen LogP contribution in [0.1, 0.15) is 43.8 Å². The number of hydrogen-bond donors (Lipinski definition) is 1. The average molecular weight is 414 g/mol. The molecule has 0 radical (unpaired) electrons. The third-order valence-corrected chi connectivity index (χ3v) is 5.17. The van der Waals surface area contributed by atoms with E-state index in [1.807, 2.05) is 18.2 Å². The Bertz CT molecular complexity index is 1110. The second-order valence-corrected chi connectivity index (χ2v) is 6.95. The lowest BCUT2D eigenvalue weighted by Gasteiger charge is -2.06. The predicted octanol–water partition coefficient (Wildman–Crippen LogP) is 3.63. The second-order valence-electron chi connectivity index (χ2n) is 5.90. The lowest BCUT2D eigenvalue weighted by Crippen LogP contribution is -2.11. The molecule has 150 valence electrons. The second kappa shape index (κ2) is 8.77. The largest absolute Gasteiger partial charge is 0.462 e. The summed E-state index contributed by atoms with van der Waals surface area (Å²) < 4.78 is 21.2. The van der Waals surface area contributed by atoms with E-state index in [2.05, 4.69) is 0 Å². The van der Waals surface area contributed by atoms with Crippen molar-refractivity contribution in [3.8, 4) is 6.07 Å². The van der Waals surface area contributed by atoms with Gasteiger partial charge in [0.2, 0.25) is 5.76 Å². The van der Waals surface area contributed by atoms with Crippen molar-refractivity contribution in [2.24, 2.45) is 0 Å². The third-order valence-electron chi connectivity index (χ3n) is 4.13. The normalized spacial score (nSPS) is 10.7. The number of anilines is 1. The van der Waals surface area contributed by atoms with Gasteiger partial charge in [0.1, 0.15) is 28.1 Å². The van der Waals surface area contributed by atoms with Crippen LogP contribution in [-0.4, -0.2) is 25.7 Å². The van der Waals surface area contributed by atoms with Gasteiger partial charge in [-0.3, -0.25) is 0 Å². The molecule has 0 unspecified atom stereocenters. The van der Waals surface area contributed by atoms with E-state index in [1.165, 1.54) is 7.11 Å². The highest BCUT2D eigenvalue weighted by Gasteiger charge is 2.26. The van der Waals surface area contributed by atoms with E-state index in [0.29, 0.717) is 11.1 Å². The molecule has 0 saturated carbocycles. The van der Waals surface area contributed by atoms with Gasteiger partial charge in [0.05, 0.1) is 18.8 Å². The zero-order valence-corrected chi connectivity index (χ0v) is 16.6.